The second kappa shape index (κ2) is 7.48. The van der Waals surface area contributed by atoms with Crippen LogP contribution in [0.4, 0.5) is 0 Å². The van der Waals surface area contributed by atoms with Gasteiger partial charge in [0, 0.05) is 5.02 Å². The lowest BCUT2D eigenvalue weighted by molar-refractivity contribution is 0.0934. The molecule has 21 heavy (non-hydrogen) atoms. The van der Waals surface area contributed by atoms with Gasteiger partial charge in [0.25, 0.3) is 5.91 Å². The molecule has 2 aromatic rings. The van der Waals surface area contributed by atoms with Gasteiger partial charge in [-0.2, -0.15) is 0 Å². The fourth-order valence-electron chi connectivity index (χ4n) is 2.20. The average Bonchev–Trinajstić information content (AvgIpc) is 2.50. The van der Waals surface area contributed by atoms with Crippen LogP contribution in [-0.4, -0.2) is 5.91 Å². The summed E-state index contributed by atoms with van der Waals surface area (Å²) in [6.45, 7) is 2.09. The van der Waals surface area contributed by atoms with Gasteiger partial charge in [-0.05, 0) is 30.2 Å². The Morgan fingerprint density at radius 2 is 1.86 bits per heavy atom. The molecule has 1 unspecified atom stereocenters. The molecule has 110 valence electrons. The smallest absolute Gasteiger partial charge is 0.253 e. The Bertz CT molecular complexity index is 613. The number of carbonyl (C=O) groups is 1. The first-order valence-electron chi connectivity index (χ1n) is 6.92. The quantitative estimate of drug-likeness (QED) is 0.799. The van der Waals surface area contributed by atoms with E-state index in [4.69, 9.17) is 23.2 Å². The summed E-state index contributed by atoms with van der Waals surface area (Å²) in [4.78, 5) is 12.4. The van der Waals surface area contributed by atoms with Crippen LogP contribution in [0.2, 0.25) is 10.0 Å². The first-order valence-corrected chi connectivity index (χ1v) is 7.68. The maximum atomic E-state index is 12.4. The van der Waals surface area contributed by atoms with Gasteiger partial charge in [-0.1, -0.05) is 66.9 Å². The zero-order valence-electron chi connectivity index (χ0n) is 11.8. The maximum absolute atomic E-state index is 12.4. The lowest BCUT2D eigenvalue weighted by Gasteiger charge is -2.19. The Morgan fingerprint density at radius 1 is 1.14 bits per heavy atom. The molecule has 0 fully saturated rings. The van der Waals surface area contributed by atoms with Gasteiger partial charge < -0.3 is 5.32 Å². The van der Waals surface area contributed by atoms with E-state index in [1.165, 1.54) is 0 Å². The lowest BCUT2D eigenvalue weighted by Crippen LogP contribution is -2.28. The van der Waals surface area contributed by atoms with E-state index in [-0.39, 0.29) is 11.9 Å². The van der Waals surface area contributed by atoms with Crippen LogP contribution in [-0.2, 0) is 0 Å². The largest absolute Gasteiger partial charge is 0.345 e. The minimum atomic E-state index is -0.204. The molecule has 1 amide bonds. The molecule has 0 saturated carbocycles. The van der Waals surface area contributed by atoms with Gasteiger partial charge in [-0.15, -0.1) is 0 Å². The van der Waals surface area contributed by atoms with Gasteiger partial charge in [0.2, 0.25) is 0 Å². The van der Waals surface area contributed by atoms with E-state index in [9.17, 15) is 4.79 Å². The third-order valence-corrected chi connectivity index (χ3v) is 3.82. The van der Waals surface area contributed by atoms with E-state index in [0.29, 0.717) is 15.6 Å². The Labute approximate surface area is 135 Å². The van der Waals surface area contributed by atoms with E-state index < -0.39 is 0 Å². The van der Waals surface area contributed by atoms with Crippen molar-refractivity contribution in [2.45, 2.75) is 25.8 Å². The molecular weight excluding hydrogens is 305 g/mol. The fourth-order valence-corrected chi connectivity index (χ4v) is 2.58. The van der Waals surface area contributed by atoms with Crippen molar-refractivity contribution in [2.24, 2.45) is 0 Å². The monoisotopic (exact) mass is 321 g/mol. The van der Waals surface area contributed by atoms with Crippen molar-refractivity contribution >= 4 is 29.1 Å². The highest BCUT2D eigenvalue weighted by Crippen LogP contribution is 2.23. The number of carbonyl (C=O) groups excluding carboxylic acids is 1. The molecule has 0 aromatic heterocycles. The number of halogens is 2. The predicted octanol–water partition coefficient (Wildman–Crippen LogP) is 5.26. The molecule has 2 rings (SSSR count). The van der Waals surface area contributed by atoms with Gasteiger partial charge in [-0.25, -0.2) is 0 Å². The van der Waals surface area contributed by atoms with Gasteiger partial charge in [-0.3, -0.25) is 4.79 Å². The Morgan fingerprint density at radius 3 is 2.52 bits per heavy atom. The topological polar surface area (TPSA) is 29.1 Å². The molecule has 2 nitrogen and oxygen atoms in total. The molecule has 0 aliphatic rings. The summed E-state index contributed by atoms with van der Waals surface area (Å²) in [5.41, 5.74) is 1.49. The summed E-state index contributed by atoms with van der Waals surface area (Å²) >= 11 is 12.0. The molecule has 0 radical (unpaired) electrons. The number of benzene rings is 2. The molecule has 1 N–H and O–H groups in total. The van der Waals surface area contributed by atoms with E-state index in [2.05, 4.69) is 12.2 Å². The predicted molar refractivity (Wildman–Crippen MR) is 88.0 cm³/mol. The molecule has 0 aliphatic carbocycles. The van der Waals surface area contributed by atoms with Crippen molar-refractivity contribution in [3.8, 4) is 0 Å². The van der Waals surface area contributed by atoms with Gasteiger partial charge >= 0.3 is 0 Å². The number of amides is 1. The summed E-state index contributed by atoms with van der Waals surface area (Å²) in [5.74, 6) is -0.204. The molecule has 0 spiro atoms. The maximum Gasteiger partial charge on any atom is 0.253 e. The van der Waals surface area contributed by atoms with Gasteiger partial charge in [0.05, 0.1) is 16.6 Å². The van der Waals surface area contributed by atoms with Crippen LogP contribution in [0, 0.1) is 0 Å². The standard InChI is InChI=1S/C17H17Cl2NO/c1-2-6-16(12-7-4-3-5-8-12)20-17(21)14-11-13(18)9-10-15(14)19/h3-5,7-11,16H,2,6H2,1H3,(H,20,21). The highest BCUT2D eigenvalue weighted by molar-refractivity contribution is 6.35. The summed E-state index contributed by atoms with van der Waals surface area (Å²) in [6, 6.07) is 14.8. The van der Waals surface area contributed by atoms with Crippen molar-refractivity contribution < 1.29 is 4.79 Å². The van der Waals surface area contributed by atoms with Crippen molar-refractivity contribution in [3.63, 3.8) is 0 Å². The van der Waals surface area contributed by atoms with Crippen molar-refractivity contribution in [3.05, 3.63) is 69.7 Å². The number of nitrogens with one attached hydrogen (secondary N) is 1. The summed E-state index contributed by atoms with van der Waals surface area (Å²) in [7, 11) is 0. The third-order valence-electron chi connectivity index (χ3n) is 3.26. The second-order valence-electron chi connectivity index (χ2n) is 4.85. The van der Waals surface area contributed by atoms with E-state index >= 15 is 0 Å². The Hall–Kier alpha value is -1.51. The van der Waals surface area contributed by atoms with E-state index in [1.54, 1.807) is 18.2 Å². The molecule has 0 aliphatic heterocycles. The molecule has 4 heteroatoms. The van der Waals surface area contributed by atoms with Crippen molar-refractivity contribution in [1.82, 2.24) is 5.32 Å². The number of hydrogen-bond acceptors (Lipinski definition) is 1. The number of hydrogen-bond donors (Lipinski definition) is 1. The van der Waals surface area contributed by atoms with Crippen LogP contribution < -0.4 is 5.32 Å². The third kappa shape index (κ3) is 4.23. The Balaban J connectivity index is 2.20. The summed E-state index contributed by atoms with van der Waals surface area (Å²) in [6.07, 6.45) is 1.84. The van der Waals surface area contributed by atoms with Crippen LogP contribution in [0.5, 0.6) is 0 Å². The zero-order valence-corrected chi connectivity index (χ0v) is 13.3. The van der Waals surface area contributed by atoms with E-state index in [1.807, 2.05) is 30.3 Å². The lowest BCUT2D eigenvalue weighted by atomic mass is 10.0. The van der Waals surface area contributed by atoms with Crippen LogP contribution in [0.1, 0.15) is 41.7 Å². The second-order valence-corrected chi connectivity index (χ2v) is 5.69. The van der Waals surface area contributed by atoms with Crippen LogP contribution in [0.25, 0.3) is 0 Å². The normalized spacial score (nSPS) is 12.0. The van der Waals surface area contributed by atoms with Gasteiger partial charge in [0.15, 0.2) is 0 Å². The zero-order chi connectivity index (χ0) is 15.2. The molecule has 1 atom stereocenters. The van der Waals surface area contributed by atoms with Crippen LogP contribution in [0.15, 0.2) is 48.5 Å². The SMILES string of the molecule is CCCC(NC(=O)c1cc(Cl)ccc1Cl)c1ccccc1. The van der Waals surface area contributed by atoms with Crippen molar-refractivity contribution in [2.75, 3.05) is 0 Å². The van der Waals surface area contributed by atoms with Gasteiger partial charge in [0.1, 0.15) is 0 Å². The molecule has 0 saturated heterocycles. The minimum absolute atomic E-state index is 0.0289. The van der Waals surface area contributed by atoms with Crippen LogP contribution >= 0.6 is 23.2 Å². The highest BCUT2D eigenvalue weighted by Gasteiger charge is 2.17. The first kappa shape index (κ1) is 15.9. The van der Waals surface area contributed by atoms with E-state index in [0.717, 1.165) is 18.4 Å². The fraction of sp³-hybridized carbons (Fsp3) is 0.235. The average molecular weight is 322 g/mol. The molecule has 0 heterocycles. The van der Waals surface area contributed by atoms with Crippen molar-refractivity contribution in [1.29, 1.82) is 0 Å². The van der Waals surface area contributed by atoms with Crippen LogP contribution in [0.3, 0.4) is 0 Å². The molecular formula is C17H17Cl2NO. The highest BCUT2D eigenvalue weighted by atomic mass is 35.5. The minimum Gasteiger partial charge on any atom is -0.345 e. The number of rotatable bonds is 5. The summed E-state index contributed by atoms with van der Waals surface area (Å²) < 4.78 is 0. The molecule has 2 aromatic carbocycles. The molecule has 0 bridgehead atoms. The summed E-state index contributed by atoms with van der Waals surface area (Å²) in [5, 5.41) is 3.94. The Kier molecular flexibility index (Phi) is 5.66. The first-order chi connectivity index (χ1) is 10.1.